The number of hydrogen-bond acceptors (Lipinski definition) is 4. The van der Waals surface area contributed by atoms with Crippen molar-refractivity contribution >= 4 is 23.4 Å². The quantitative estimate of drug-likeness (QED) is 0.761. The molecule has 148 valence electrons. The summed E-state index contributed by atoms with van der Waals surface area (Å²) in [5, 5.41) is 14.9. The van der Waals surface area contributed by atoms with Gasteiger partial charge < -0.3 is 15.4 Å². The van der Waals surface area contributed by atoms with E-state index in [4.69, 9.17) is 21.6 Å². The summed E-state index contributed by atoms with van der Waals surface area (Å²) in [4.78, 5) is 24.6. The van der Waals surface area contributed by atoms with E-state index in [2.05, 4.69) is 10.6 Å². The maximum atomic E-state index is 13.4. The van der Waals surface area contributed by atoms with Gasteiger partial charge in [-0.2, -0.15) is 5.26 Å². The van der Waals surface area contributed by atoms with Crippen LogP contribution in [0.2, 0.25) is 5.02 Å². The van der Waals surface area contributed by atoms with Crippen molar-refractivity contribution in [3.8, 4) is 11.8 Å². The van der Waals surface area contributed by atoms with Crippen LogP contribution in [0.15, 0.2) is 42.5 Å². The minimum absolute atomic E-state index is 0.0117. The van der Waals surface area contributed by atoms with E-state index >= 15 is 0 Å². The number of hydrogen-bond donors (Lipinski definition) is 2. The molecule has 2 N–H and O–H groups in total. The van der Waals surface area contributed by atoms with Gasteiger partial charge in [-0.3, -0.25) is 9.59 Å². The van der Waals surface area contributed by atoms with Crippen LogP contribution in [0.3, 0.4) is 0 Å². The Morgan fingerprint density at radius 2 is 1.86 bits per heavy atom. The number of amides is 2. The van der Waals surface area contributed by atoms with Gasteiger partial charge in [0.05, 0.1) is 16.7 Å². The number of nitrogens with one attached hydrogen (secondary N) is 2. The lowest BCUT2D eigenvalue weighted by Gasteiger charge is -2.70. The van der Waals surface area contributed by atoms with E-state index in [1.54, 1.807) is 24.3 Å². The van der Waals surface area contributed by atoms with E-state index in [-0.39, 0.29) is 40.3 Å². The molecule has 5 rings (SSSR count). The number of ether oxygens (including phenoxy) is 1. The van der Waals surface area contributed by atoms with E-state index in [0.717, 1.165) is 6.07 Å². The fraction of sp³-hybridized carbons (Fsp3) is 0.286. The average molecular weight is 414 g/mol. The number of carbonyl (C=O) groups excluding carboxylic acids is 2. The van der Waals surface area contributed by atoms with Crippen LogP contribution < -0.4 is 15.4 Å². The molecular formula is C21H17ClFN3O3. The van der Waals surface area contributed by atoms with E-state index in [1.165, 1.54) is 12.1 Å². The topological polar surface area (TPSA) is 91.2 Å². The monoisotopic (exact) mass is 413 g/mol. The van der Waals surface area contributed by atoms with Crippen LogP contribution in [-0.2, 0) is 4.79 Å². The lowest BCUT2D eigenvalue weighted by atomic mass is 9.44. The molecule has 0 radical (unpaired) electrons. The lowest BCUT2D eigenvalue weighted by molar-refractivity contribution is -0.141. The third kappa shape index (κ3) is 3.76. The summed E-state index contributed by atoms with van der Waals surface area (Å²) in [6.45, 7) is -0.233. The van der Waals surface area contributed by atoms with Crippen LogP contribution in [0.25, 0.3) is 0 Å². The summed E-state index contributed by atoms with van der Waals surface area (Å²) in [6.07, 6.45) is 1.93. The molecule has 8 heteroatoms. The summed E-state index contributed by atoms with van der Waals surface area (Å²) in [5.41, 5.74) is 0.232. The summed E-state index contributed by atoms with van der Waals surface area (Å²) >= 11 is 5.61. The maximum Gasteiger partial charge on any atom is 0.258 e. The summed E-state index contributed by atoms with van der Waals surface area (Å²) in [6, 6.07) is 12.5. The molecule has 3 fully saturated rings. The van der Waals surface area contributed by atoms with Crippen LogP contribution >= 0.6 is 11.6 Å². The van der Waals surface area contributed by atoms with Gasteiger partial charge in [0.15, 0.2) is 6.61 Å². The van der Waals surface area contributed by atoms with Gasteiger partial charge in [-0.05, 0) is 49.6 Å². The minimum atomic E-state index is -0.609. The second kappa shape index (κ2) is 7.05. The van der Waals surface area contributed by atoms with Gasteiger partial charge in [0.25, 0.3) is 11.8 Å². The Morgan fingerprint density at radius 3 is 2.55 bits per heavy atom. The Morgan fingerprint density at radius 1 is 1.14 bits per heavy atom. The number of benzene rings is 2. The molecule has 0 atom stereocenters. The van der Waals surface area contributed by atoms with E-state index < -0.39 is 5.82 Å². The molecule has 3 saturated carbocycles. The number of carbonyl (C=O) groups is 2. The first-order valence-corrected chi connectivity index (χ1v) is 9.41. The van der Waals surface area contributed by atoms with Crippen LogP contribution in [-0.4, -0.2) is 29.5 Å². The number of nitrogens with zero attached hydrogens (tertiary/aromatic N) is 1. The average Bonchev–Trinajstić information content (AvgIpc) is 2.66. The Kier molecular flexibility index (Phi) is 4.67. The molecule has 0 heterocycles. The van der Waals surface area contributed by atoms with Gasteiger partial charge in [0, 0.05) is 22.7 Å². The SMILES string of the molecule is N#Cc1cccc(C(=O)NC23CC(NC(=O)COc4ccc(Cl)c(F)c4)(C2)C3)c1. The second-order valence-corrected chi connectivity index (χ2v) is 8.06. The zero-order valence-electron chi connectivity index (χ0n) is 15.3. The molecule has 0 saturated heterocycles. The molecule has 0 aromatic heterocycles. The van der Waals surface area contributed by atoms with Crippen molar-refractivity contribution in [2.24, 2.45) is 0 Å². The highest BCUT2D eigenvalue weighted by molar-refractivity contribution is 6.30. The molecule has 0 unspecified atom stereocenters. The van der Waals surface area contributed by atoms with Crippen molar-refractivity contribution in [2.75, 3.05) is 6.61 Å². The van der Waals surface area contributed by atoms with Gasteiger partial charge in [-0.1, -0.05) is 17.7 Å². The summed E-state index contributed by atoms with van der Waals surface area (Å²) in [7, 11) is 0. The third-order valence-electron chi connectivity index (χ3n) is 5.33. The second-order valence-electron chi connectivity index (χ2n) is 7.65. The largest absolute Gasteiger partial charge is 0.484 e. The zero-order chi connectivity index (χ0) is 20.6. The molecule has 2 aromatic rings. The van der Waals surface area contributed by atoms with Crippen molar-refractivity contribution in [3.63, 3.8) is 0 Å². The molecular weight excluding hydrogens is 397 g/mol. The van der Waals surface area contributed by atoms with E-state index in [1.807, 2.05) is 6.07 Å². The predicted molar refractivity (Wildman–Crippen MR) is 103 cm³/mol. The predicted octanol–water partition coefficient (Wildman–Crippen LogP) is 2.95. The highest BCUT2D eigenvalue weighted by Gasteiger charge is 2.69. The third-order valence-corrected chi connectivity index (χ3v) is 5.63. The molecule has 2 amide bonds. The highest BCUT2D eigenvalue weighted by Crippen LogP contribution is 2.60. The summed E-state index contributed by atoms with van der Waals surface area (Å²) in [5.74, 6) is -0.915. The van der Waals surface area contributed by atoms with Gasteiger partial charge in [0.1, 0.15) is 11.6 Å². The molecule has 2 aromatic carbocycles. The Balaban J connectivity index is 1.25. The summed E-state index contributed by atoms with van der Waals surface area (Å²) < 4.78 is 18.7. The molecule has 0 spiro atoms. The van der Waals surface area contributed by atoms with E-state index in [0.29, 0.717) is 30.4 Å². The van der Waals surface area contributed by atoms with Crippen molar-refractivity contribution in [1.29, 1.82) is 5.26 Å². The van der Waals surface area contributed by atoms with Gasteiger partial charge in [0.2, 0.25) is 0 Å². The molecule has 6 nitrogen and oxygen atoms in total. The molecule has 0 aliphatic heterocycles. The van der Waals surface area contributed by atoms with Gasteiger partial charge >= 0.3 is 0 Å². The first kappa shape index (κ1) is 19.2. The molecule has 3 aliphatic carbocycles. The van der Waals surface area contributed by atoms with Crippen molar-refractivity contribution in [3.05, 3.63) is 64.4 Å². The number of rotatable bonds is 6. The van der Waals surface area contributed by atoms with Crippen LogP contribution in [0.1, 0.15) is 35.2 Å². The van der Waals surface area contributed by atoms with Gasteiger partial charge in [-0.15, -0.1) is 0 Å². The number of nitriles is 1. The van der Waals surface area contributed by atoms with Crippen LogP contribution in [0.4, 0.5) is 4.39 Å². The fourth-order valence-corrected chi connectivity index (χ4v) is 4.26. The first-order chi connectivity index (χ1) is 13.8. The molecule has 2 bridgehead atoms. The van der Waals surface area contributed by atoms with Crippen LogP contribution in [0.5, 0.6) is 5.75 Å². The number of halogens is 2. The van der Waals surface area contributed by atoms with Crippen LogP contribution in [0, 0.1) is 17.1 Å². The molecule has 3 aliphatic rings. The standard InChI is InChI=1S/C21H17ClFN3O3/c22-16-5-4-15(7-17(16)23)29-9-18(27)25-20-10-21(11-20,12-20)26-19(28)14-3-1-2-13(6-14)8-24/h1-7H,9-12H2,(H,25,27)(H,26,28). The smallest absolute Gasteiger partial charge is 0.258 e. The fourth-order valence-electron chi connectivity index (χ4n) is 4.14. The first-order valence-electron chi connectivity index (χ1n) is 9.04. The highest BCUT2D eigenvalue weighted by atomic mass is 35.5. The zero-order valence-corrected chi connectivity index (χ0v) is 16.1. The van der Waals surface area contributed by atoms with Gasteiger partial charge in [-0.25, -0.2) is 4.39 Å². The molecule has 29 heavy (non-hydrogen) atoms. The lowest BCUT2D eigenvalue weighted by Crippen LogP contribution is -2.84. The van der Waals surface area contributed by atoms with Crippen molar-refractivity contribution < 1.29 is 18.7 Å². The minimum Gasteiger partial charge on any atom is -0.484 e. The normalized spacial score (nSPS) is 23.8. The Bertz CT molecular complexity index is 1030. The maximum absolute atomic E-state index is 13.4. The van der Waals surface area contributed by atoms with Crippen molar-refractivity contribution in [2.45, 2.75) is 30.3 Å². The Hall–Kier alpha value is -3.11. The Labute approximate surface area is 171 Å². The van der Waals surface area contributed by atoms with E-state index in [9.17, 15) is 14.0 Å². The van der Waals surface area contributed by atoms with Crippen molar-refractivity contribution in [1.82, 2.24) is 10.6 Å².